The molecule has 26 heavy (non-hydrogen) atoms. The van der Waals surface area contributed by atoms with Crippen LogP contribution >= 0.6 is 0 Å². The first-order chi connectivity index (χ1) is 12.6. The lowest BCUT2D eigenvalue weighted by Gasteiger charge is -2.35. The number of hydrogen-bond acceptors (Lipinski definition) is 5. The molecule has 1 aromatic carbocycles. The monoisotopic (exact) mass is 349 g/mol. The lowest BCUT2D eigenvalue weighted by atomic mass is 9.71. The van der Waals surface area contributed by atoms with Crippen LogP contribution in [0.5, 0.6) is 0 Å². The Labute approximate surface area is 152 Å². The van der Waals surface area contributed by atoms with Crippen LogP contribution in [-0.2, 0) is 9.47 Å². The summed E-state index contributed by atoms with van der Waals surface area (Å²) in [4.78, 5) is 3.03. The van der Waals surface area contributed by atoms with Crippen molar-refractivity contribution >= 4 is 5.84 Å². The predicted molar refractivity (Wildman–Crippen MR) is 91.0 cm³/mol. The number of fused-ring (bicyclic) bond motifs is 4. The van der Waals surface area contributed by atoms with E-state index in [0.717, 1.165) is 25.7 Å². The highest BCUT2D eigenvalue weighted by Crippen LogP contribution is 2.86. The fourth-order valence-electron chi connectivity index (χ4n) is 6.21. The third-order valence-corrected chi connectivity index (χ3v) is 7.27. The van der Waals surface area contributed by atoms with Crippen molar-refractivity contribution < 1.29 is 14.5 Å². The highest BCUT2D eigenvalue weighted by Gasteiger charge is 3.03. The van der Waals surface area contributed by atoms with Crippen LogP contribution in [0.25, 0.3) is 0 Å². The van der Waals surface area contributed by atoms with Crippen molar-refractivity contribution in [2.75, 3.05) is 13.2 Å². The molecule has 6 nitrogen and oxygen atoms in total. The molecule has 4 aliphatic rings. The Bertz CT molecular complexity index is 869. The van der Waals surface area contributed by atoms with Crippen LogP contribution in [0.4, 0.5) is 0 Å². The first-order valence-corrected chi connectivity index (χ1v) is 9.19. The average molecular weight is 349 g/mol. The Morgan fingerprint density at radius 1 is 1.04 bits per heavy atom. The van der Waals surface area contributed by atoms with Gasteiger partial charge in [-0.3, -0.25) is 5.73 Å². The molecule has 1 saturated heterocycles. The van der Waals surface area contributed by atoms with Crippen LogP contribution in [0.15, 0.2) is 30.3 Å². The van der Waals surface area contributed by atoms with Crippen LogP contribution in [0.2, 0.25) is 0 Å². The standard InChI is InChI=1S/C20H20N4O2/c21-12-18-16(23)24-20(25-10-11-26-20)19(18,13-22)17(18)8-6-15(7-9-17)14-4-2-1-3-5-14/h1-5,15H,6-11H2,(H2,23,24)/p+1/t15?,17?,18-,19+/m1/s1. The SMILES string of the molecule is N#C[C@@]12C3([NH+]=C(N)[C@]1(C#N)C21CCC(c2ccccc2)CC1)OCCO3. The molecule has 5 rings (SSSR count). The zero-order valence-corrected chi connectivity index (χ0v) is 14.5. The molecular weight excluding hydrogens is 328 g/mol. The van der Waals surface area contributed by atoms with Gasteiger partial charge in [0.15, 0.2) is 10.8 Å². The van der Waals surface area contributed by atoms with E-state index in [1.165, 1.54) is 5.56 Å². The second-order valence-corrected chi connectivity index (χ2v) is 7.84. The Kier molecular flexibility index (Phi) is 2.95. The van der Waals surface area contributed by atoms with Gasteiger partial charge in [0.1, 0.15) is 0 Å². The van der Waals surface area contributed by atoms with Crippen LogP contribution < -0.4 is 10.7 Å². The molecule has 2 aliphatic heterocycles. The summed E-state index contributed by atoms with van der Waals surface area (Å²) in [5.74, 6) is -0.493. The average Bonchev–Trinajstić information content (AvgIpc) is 2.95. The fraction of sp³-hybridized carbons (Fsp3) is 0.550. The summed E-state index contributed by atoms with van der Waals surface area (Å²) in [6.45, 7) is 0.794. The zero-order chi connectivity index (χ0) is 18.0. The van der Waals surface area contributed by atoms with Gasteiger partial charge in [0.2, 0.25) is 0 Å². The lowest BCUT2D eigenvalue weighted by Crippen LogP contribution is -2.90. The third-order valence-electron chi connectivity index (χ3n) is 7.27. The quantitative estimate of drug-likeness (QED) is 0.769. The topological polar surface area (TPSA) is 106 Å². The van der Waals surface area contributed by atoms with Crippen LogP contribution in [-0.4, -0.2) is 25.0 Å². The smallest absolute Gasteiger partial charge is 0.311 e. The van der Waals surface area contributed by atoms with Gasteiger partial charge in [0.25, 0.3) is 5.84 Å². The number of rotatable bonds is 1. The van der Waals surface area contributed by atoms with Crippen molar-refractivity contribution in [2.45, 2.75) is 37.5 Å². The predicted octanol–water partition coefficient (Wildman–Crippen LogP) is 0.516. The number of ether oxygens (including phenoxy) is 2. The van der Waals surface area contributed by atoms with E-state index in [2.05, 4.69) is 41.4 Å². The van der Waals surface area contributed by atoms with Gasteiger partial charge in [-0.2, -0.15) is 10.5 Å². The Hall–Kier alpha value is -2.41. The summed E-state index contributed by atoms with van der Waals surface area (Å²) in [6, 6.07) is 15.3. The van der Waals surface area contributed by atoms with Gasteiger partial charge in [-0.15, -0.1) is 0 Å². The van der Waals surface area contributed by atoms with E-state index in [9.17, 15) is 10.5 Å². The number of nitrogens with two attached hydrogens (primary N) is 1. The summed E-state index contributed by atoms with van der Waals surface area (Å²) >= 11 is 0. The maximum atomic E-state index is 10.2. The van der Waals surface area contributed by atoms with E-state index in [4.69, 9.17) is 15.2 Å². The van der Waals surface area contributed by atoms with Crippen molar-refractivity contribution in [1.29, 1.82) is 10.5 Å². The van der Waals surface area contributed by atoms with Gasteiger partial charge in [-0.1, -0.05) is 30.3 Å². The maximum Gasteiger partial charge on any atom is 0.343 e. The Balaban J connectivity index is 1.54. The van der Waals surface area contributed by atoms with Crippen molar-refractivity contribution in [3.63, 3.8) is 0 Å². The second kappa shape index (κ2) is 4.85. The first-order valence-electron chi connectivity index (χ1n) is 9.19. The molecule has 0 unspecified atom stereocenters. The number of hydrogen-bond donors (Lipinski definition) is 2. The van der Waals surface area contributed by atoms with Crippen molar-refractivity contribution in [3.05, 3.63) is 35.9 Å². The number of nitrogens with zero attached hydrogens (tertiary/aromatic N) is 2. The van der Waals surface area contributed by atoms with Crippen LogP contribution in [0.3, 0.4) is 0 Å². The highest BCUT2D eigenvalue weighted by atomic mass is 16.8. The molecule has 2 heterocycles. The van der Waals surface area contributed by atoms with E-state index in [1.54, 1.807) is 0 Å². The van der Waals surface area contributed by atoms with Crippen LogP contribution in [0.1, 0.15) is 37.2 Å². The van der Waals surface area contributed by atoms with Gasteiger partial charge in [0.05, 0.1) is 25.4 Å². The first kappa shape index (κ1) is 15.8. The van der Waals surface area contributed by atoms with Crippen molar-refractivity contribution in [1.82, 2.24) is 0 Å². The molecule has 3 fully saturated rings. The van der Waals surface area contributed by atoms with E-state index in [1.807, 2.05) is 6.07 Å². The molecule has 3 N–H and O–H groups in total. The molecule has 1 aromatic rings. The maximum absolute atomic E-state index is 10.2. The van der Waals surface area contributed by atoms with Crippen molar-refractivity contribution in [3.8, 4) is 12.1 Å². The fourth-order valence-corrected chi connectivity index (χ4v) is 6.21. The summed E-state index contributed by atoms with van der Waals surface area (Å²) < 4.78 is 11.8. The molecule has 132 valence electrons. The van der Waals surface area contributed by atoms with Gasteiger partial charge >= 0.3 is 5.91 Å². The number of nitrogens with one attached hydrogen (secondary N) is 1. The minimum absolute atomic E-state index is 0.335. The summed E-state index contributed by atoms with van der Waals surface area (Å²) in [5.41, 5.74) is 5.00. The van der Waals surface area contributed by atoms with E-state index < -0.39 is 22.2 Å². The molecule has 2 aliphatic carbocycles. The minimum Gasteiger partial charge on any atom is -0.311 e. The number of amidine groups is 1. The molecule has 0 radical (unpaired) electrons. The van der Waals surface area contributed by atoms with Gasteiger partial charge < -0.3 is 9.47 Å². The molecule has 2 saturated carbocycles. The third kappa shape index (κ3) is 1.37. The minimum atomic E-state index is -1.28. The van der Waals surface area contributed by atoms with E-state index in [-0.39, 0.29) is 0 Å². The molecule has 6 heteroatoms. The highest BCUT2D eigenvalue weighted by molar-refractivity contribution is 5.95. The second-order valence-electron chi connectivity index (χ2n) is 7.84. The summed E-state index contributed by atoms with van der Waals surface area (Å²) in [6.07, 6.45) is 3.40. The van der Waals surface area contributed by atoms with Gasteiger partial charge in [-0.25, -0.2) is 4.99 Å². The molecule has 0 aromatic heterocycles. The molecule has 2 atom stereocenters. The molecule has 2 spiro atoms. The molecule has 0 bridgehead atoms. The lowest BCUT2D eigenvalue weighted by molar-refractivity contribution is -0.678. The van der Waals surface area contributed by atoms with Gasteiger partial charge in [0, 0.05) is 5.41 Å². The Morgan fingerprint density at radius 2 is 1.69 bits per heavy atom. The van der Waals surface area contributed by atoms with E-state index >= 15 is 0 Å². The zero-order valence-electron chi connectivity index (χ0n) is 14.5. The van der Waals surface area contributed by atoms with Crippen molar-refractivity contribution in [2.24, 2.45) is 22.0 Å². The van der Waals surface area contributed by atoms with Gasteiger partial charge in [-0.05, 0) is 37.2 Å². The molecular formula is C20H21N4O2+. The van der Waals surface area contributed by atoms with Crippen LogP contribution in [0, 0.1) is 38.9 Å². The van der Waals surface area contributed by atoms with E-state index in [0.29, 0.717) is 25.0 Å². The molecule has 0 amide bonds. The summed E-state index contributed by atoms with van der Waals surface area (Å²) in [7, 11) is 0. The largest absolute Gasteiger partial charge is 0.343 e. The number of benzene rings is 1. The normalized spacial score (nSPS) is 42.1. The summed E-state index contributed by atoms with van der Waals surface area (Å²) in [5, 5.41) is 20.4. The number of nitriles is 2. The Morgan fingerprint density at radius 3 is 2.27 bits per heavy atom.